The van der Waals surface area contributed by atoms with E-state index in [1.807, 2.05) is 48.5 Å². The van der Waals surface area contributed by atoms with Crippen LogP contribution in [0.1, 0.15) is 19.3 Å². The zero-order valence-corrected chi connectivity index (χ0v) is 21.1. The standard InChI is InChI=1S/C31H34N2O3/c1-34-25-13-11-23(12-14-25)30-29(32-17-20-33-18-7-4-8-19-33)22-24-21-27(35-2)15-16-28(24)31(30)36-26-9-5-3-6-10-26/h3,5-6,9-16,21-22,32H,4,7-8,17-20H2,1-2H3. The van der Waals surface area contributed by atoms with E-state index in [2.05, 4.69) is 40.5 Å². The van der Waals surface area contributed by atoms with Crippen LogP contribution in [-0.4, -0.2) is 45.3 Å². The topological polar surface area (TPSA) is 43.0 Å². The number of benzene rings is 4. The molecule has 4 aromatic rings. The highest BCUT2D eigenvalue weighted by molar-refractivity contribution is 6.02. The molecule has 1 N–H and O–H groups in total. The van der Waals surface area contributed by atoms with E-state index in [0.29, 0.717) is 0 Å². The number of fused-ring (bicyclic) bond motifs is 1. The predicted octanol–water partition coefficient (Wildman–Crippen LogP) is 7.21. The van der Waals surface area contributed by atoms with Crippen molar-refractivity contribution in [3.05, 3.63) is 78.9 Å². The number of nitrogens with one attached hydrogen (secondary N) is 1. The van der Waals surface area contributed by atoms with Crippen LogP contribution >= 0.6 is 0 Å². The van der Waals surface area contributed by atoms with Gasteiger partial charge in [-0.05, 0) is 85.4 Å². The number of para-hydroxylation sites is 1. The van der Waals surface area contributed by atoms with Crippen LogP contribution < -0.4 is 19.5 Å². The molecular formula is C31H34N2O3. The number of piperidine rings is 1. The molecular weight excluding hydrogens is 448 g/mol. The van der Waals surface area contributed by atoms with Crippen molar-refractivity contribution in [1.29, 1.82) is 0 Å². The Bertz CT molecular complexity index is 1280. The Hall–Kier alpha value is -3.70. The van der Waals surface area contributed by atoms with E-state index in [4.69, 9.17) is 14.2 Å². The SMILES string of the molecule is COc1ccc(-c2c(NCCN3CCCCC3)cc3cc(OC)ccc3c2Oc2ccccc2)cc1. The monoisotopic (exact) mass is 482 g/mol. The lowest BCUT2D eigenvalue weighted by Gasteiger charge is -2.27. The second kappa shape index (κ2) is 11.4. The smallest absolute Gasteiger partial charge is 0.145 e. The summed E-state index contributed by atoms with van der Waals surface area (Å²) in [6.45, 7) is 4.26. The zero-order valence-electron chi connectivity index (χ0n) is 21.1. The maximum absolute atomic E-state index is 6.62. The maximum atomic E-state index is 6.62. The highest BCUT2D eigenvalue weighted by Gasteiger charge is 2.19. The van der Waals surface area contributed by atoms with Crippen LogP contribution in [0.15, 0.2) is 78.9 Å². The summed E-state index contributed by atoms with van der Waals surface area (Å²) in [5, 5.41) is 5.85. The molecule has 1 fully saturated rings. The first-order chi connectivity index (χ1) is 17.7. The Kier molecular flexibility index (Phi) is 7.58. The van der Waals surface area contributed by atoms with Crippen LogP contribution in [0.2, 0.25) is 0 Å². The summed E-state index contributed by atoms with van der Waals surface area (Å²) in [4.78, 5) is 2.55. The summed E-state index contributed by atoms with van der Waals surface area (Å²) in [5.74, 6) is 3.28. The van der Waals surface area contributed by atoms with E-state index in [1.54, 1.807) is 14.2 Å². The minimum absolute atomic E-state index is 0.801. The van der Waals surface area contributed by atoms with E-state index in [0.717, 1.165) is 63.7 Å². The van der Waals surface area contributed by atoms with Gasteiger partial charge >= 0.3 is 0 Å². The molecule has 5 heteroatoms. The van der Waals surface area contributed by atoms with Crippen LogP contribution in [0.25, 0.3) is 21.9 Å². The number of ether oxygens (including phenoxy) is 3. The molecule has 0 amide bonds. The van der Waals surface area contributed by atoms with Crippen molar-refractivity contribution in [3.8, 4) is 34.1 Å². The lowest BCUT2D eigenvalue weighted by molar-refractivity contribution is 0.237. The van der Waals surface area contributed by atoms with Crippen LogP contribution in [-0.2, 0) is 0 Å². The summed E-state index contributed by atoms with van der Waals surface area (Å²) < 4.78 is 17.6. The average Bonchev–Trinajstić information content (AvgIpc) is 2.94. The van der Waals surface area contributed by atoms with Gasteiger partial charge in [-0.2, -0.15) is 0 Å². The number of hydrogen-bond acceptors (Lipinski definition) is 5. The fourth-order valence-electron chi connectivity index (χ4n) is 4.91. The molecule has 186 valence electrons. The molecule has 5 rings (SSSR count). The number of hydrogen-bond donors (Lipinski definition) is 1. The quantitative estimate of drug-likeness (QED) is 0.273. The predicted molar refractivity (Wildman–Crippen MR) is 148 cm³/mol. The lowest BCUT2D eigenvalue weighted by atomic mass is 9.96. The van der Waals surface area contributed by atoms with Gasteiger partial charge in [0.2, 0.25) is 0 Å². The molecule has 0 saturated carbocycles. The zero-order chi connectivity index (χ0) is 24.7. The highest BCUT2D eigenvalue weighted by atomic mass is 16.5. The van der Waals surface area contributed by atoms with Crippen molar-refractivity contribution in [3.63, 3.8) is 0 Å². The third-order valence-electron chi connectivity index (χ3n) is 6.83. The summed E-state index contributed by atoms with van der Waals surface area (Å²) in [5.41, 5.74) is 3.15. The molecule has 1 aliphatic rings. The minimum Gasteiger partial charge on any atom is -0.497 e. The summed E-state index contributed by atoms with van der Waals surface area (Å²) in [6.07, 6.45) is 3.93. The average molecular weight is 483 g/mol. The van der Waals surface area contributed by atoms with E-state index in [9.17, 15) is 0 Å². The van der Waals surface area contributed by atoms with Gasteiger partial charge < -0.3 is 24.4 Å². The number of likely N-dealkylation sites (tertiary alicyclic amines) is 1. The third kappa shape index (κ3) is 5.42. The fourth-order valence-corrected chi connectivity index (χ4v) is 4.91. The van der Waals surface area contributed by atoms with E-state index in [-0.39, 0.29) is 0 Å². The molecule has 0 radical (unpaired) electrons. The normalized spacial score (nSPS) is 13.9. The molecule has 1 saturated heterocycles. The Morgan fingerprint density at radius 1 is 0.750 bits per heavy atom. The maximum Gasteiger partial charge on any atom is 0.145 e. The first kappa shape index (κ1) is 24.0. The Balaban J connectivity index is 1.61. The van der Waals surface area contributed by atoms with Gasteiger partial charge in [-0.1, -0.05) is 36.8 Å². The van der Waals surface area contributed by atoms with E-state index < -0.39 is 0 Å². The molecule has 0 bridgehead atoms. The van der Waals surface area contributed by atoms with Crippen molar-refractivity contribution < 1.29 is 14.2 Å². The number of methoxy groups -OCH3 is 2. The van der Waals surface area contributed by atoms with Crippen molar-refractivity contribution in [2.24, 2.45) is 0 Å². The molecule has 1 aliphatic heterocycles. The second-order valence-corrected chi connectivity index (χ2v) is 9.19. The van der Waals surface area contributed by atoms with E-state index in [1.165, 1.54) is 32.4 Å². The molecule has 4 aromatic carbocycles. The molecule has 36 heavy (non-hydrogen) atoms. The van der Waals surface area contributed by atoms with Crippen LogP contribution in [0.5, 0.6) is 23.0 Å². The molecule has 0 atom stereocenters. The number of anilines is 1. The largest absolute Gasteiger partial charge is 0.497 e. The van der Waals surface area contributed by atoms with Crippen molar-refractivity contribution in [2.75, 3.05) is 45.7 Å². The lowest BCUT2D eigenvalue weighted by Crippen LogP contribution is -2.33. The van der Waals surface area contributed by atoms with E-state index >= 15 is 0 Å². The van der Waals surface area contributed by atoms with Gasteiger partial charge in [-0.3, -0.25) is 0 Å². The van der Waals surface area contributed by atoms with Crippen LogP contribution in [0, 0.1) is 0 Å². The molecule has 0 aromatic heterocycles. The van der Waals surface area contributed by atoms with Gasteiger partial charge in [0, 0.05) is 29.7 Å². The summed E-state index contributed by atoms with van der Waals surface area (Å²) in [7, 11) is 3.39. The molecule has 0 spiro atoms. The van der Waals surface area contributed by atoms with Gasteiger partial charge in [0.05, 0.1) is 14.2 Å². The molecule has 0 unspecified atom stereocenters. The molecule has 1 heterocycles. The van der Waals surface area contributed by atoms with Gasteiger partial charge in [-0.15, -0.1) is 0 Å². The molecule has 0 aliphatic carbocycles. The third-order valence-corrected chi connectivity index (χ3v) is 6.83. The van der Waals surface area contributed by atoms with Gasteiger partial charge in [0.15, 0.2) is 0 Å². The van der Waals surface area contributed by atoms with Gasteiger partial charge in [0.25, 0.3) is 0 Å². The second-order valence-electron chi connectivity index (χ2n) is 9.19. The summed E-state index contributed by atoms with van der Waals surface area (Å²) in [6, 6.07) is 26.5. The first-order valence-corrected chi connectivity index (χ1v) is 12.7. The van der Waals surface area contributed by atoms with Crippen LogP contribution in [0.3, 0.4) is 0 Å². The summed E-state index contributed by atoms with van der Waals surface area (Å²) >= 11 is 0. The van der Waals surface area contributed by atoms with Crippen molar-refractivity contribution in [1.82, 2.24) is 4.90 Å². The molecule has 5 nitrogen and oxygen atoms in total. The number of nitrogens with zero attached hydrogens (tertiary/aromatic N) is 1. The fraction of sp³-hybridized carbons (Fsp3) is 0.290. The minimum atomic E-state index is 0.801. The first-order valence-electron chi connectivity index (χ1n) is 12.7. The van der Waals surface area contributed by atoms with Crippen molar-refractivity contribution in [2.45, 2.75) is 19.3 Å². The van der Waals surface area contributed by atoms with Crippen molar-refractivity contribution >= 4 is 16.5 Å². The van der Waals surface area contributed by atoms with Gasteiger partial charge in [-0.25, -0.2) is 0 Å². The Morgan fingerprint density at radius 2 is 1.47 bits per heavy atom. The number of rotatable bonds is 9. The Labute approximate surface area is 213 Å². The highest BCUT2D eigenvalue weighted by Crippen LogP contribution is 2.45. The Morgan fingerprint density at radius 3 is 2.19 bits per heavy atom. The van der Waals surface area contributed by atoms with Crippen LogP contribution in [0.4, 0.5) is 5.69 Å². The van der Waals surface area contributed by atoms with Gasteiger partial charge in [0.1, 0.15) is 23.0 Å².